The number of allylic oxidation sites excluding steroid dienone is 1. The SMILES string of the molecule is N#C/C(=C/c1cc(O)c(O)c([N+](=O)[O-])c1)c1cccnn1. The molecule has 1 aromatic carbocycles. The maximum absolute atomic E-state index is 10.8. The third-order valence-corrected chi connectivity index (χ3v) is 2.57. The van der Waals surface area contributed by atoms with Crippen LogP contribution in [0.2, 0.25) is 0 Å². The highest BCUT2D eigenvalue weighted by Crippen LogP contribution is 2.36. The molecule has 0 radical (unpaired) electrons. The van der Waals surface area contributed by atoms with Gasteiger partial charge >= 0.3 is 5.69 Å². The van der Waals surface area contributed by atoms with Crippen LogP contribution in [0.15, 0.2) is 30.5 Å². The predicted octanol–water partition coefficient (Wildman–Crippen LogP) is 1.86. The van der Waals surface area contributed by atoms with Crippen molar-refractivity contribution in [2.45, 2.75) is 0 Å². The third kappa shape index (κ3) is 2.93. The first-order valence-electron chi connectivity index (χ1n) is 5.63. The number of nitro benzene ring substituents is 1. The number of rotatable bonds is 3. The number of nitrogens with zero attached hydrogens (tertiary/aromatic N) is 4. The Labute approximate surface area is 118 Å². The van der Waals surface area contributed by atoms with Gasteiger partial charge < -0.3 is 10.2 Å². The minimum absolute atomic E-state index is 0.113. The van der Waals surface area contributed by atoms with Crippen LogP contribution in [0.5, 0.6) is 11.5 Å². The van der Waals surface area contributed by atoms with Crippen LogP contribution < -0.4 is 0 Å². The van der Waals surface area contributed by atoms with E-state index in [0.717, 1.165) is 12.1 Å². The zero-order chi connectivity index (χ0) is 15.4. The van der Waals surface area contributed by atoms with Crippen LogP contribution in [0, 0.1) is 21.4 Å². The summed E-state index contributed by atoms with van der Waals surface area (Å²) in [7, 11) is 0. The van der Waals surface area contributed by atoms with Gasteiger partial charge in [-0.15, -0.1) is 5.10 Å². The van der Waals surface area contributed by atoms with Crippen LogP contribution in [-0.2, 0) is 0 Å². The fourth-order valence-corrected chi connectivity index (χ4v) is 1.62. The van der Waals surface area contributed by atoms with Crippen molar-refractivity contribution in [2.24, 2.45) is 0 Å². The summed E-state index contributed by atoms with van der Waals surface area (Å²) in [5.74, 6) is -1.47. The molecule has 0 aliphatic carbocycles. The summed E-state index contributed by atoms with van der Waals surface area (Å²) in [4.78, 5) is 9.95. The molecule has 1 aromatic heterocycles. The largest absolute Gasteiger partial charge is 0.504 e. The maximum Gasteiger partial charge on any atom is 0.315 e. The molecule has 2 N–H and O–H groups in total. The van der Waals surface area contributed by atoms with E-state index in [1.165, 1.54) is 12.3 Å². The second-order valence-corrected chi connectivity index (χ2v) is 3.94. The quantitative estimate of drug-likeness (QED) is 0.380. The first-order chi connectivity index (χ1) is 10.0. The molecule has 0 saturated carbocycles. The minimum Gasteiger partial charge on any atom is -0.504 e. The van der Waals surface area contributed by atoms with E-state index in [1.54, 1.807) is 12.1 Å². The Balaban J connectivity index is 2.54. The molecule has 0 unspecified atom stereocenters. The number of phenolic OH excluding ortho intramolecular Hbond substituents is 2. The third-order valence-electron chi connectivity index (χ3n) is 2.57. The van der Waals surface area contributed by atoms with Gasteiger partial charge in [0.15, 0.2) is 5.75 Å². The van der Waals surface area contributed by atoms with Crippen LogP contribution in [0.4, 0.5) is 5.69 Å². The molecule has 8 nitrogen and oxygen atoms in total. The van der Waals surface area contributed by atoms with E-state index in [0.29, 0.717) is 0 Å². The fourth-order valence-electron chi connectivity index (χ4n) is 1.62. The average molecular weight is 284 g/mol. The summed E-state index contributed by atoms with van der Waals surface area (Å²) < 4.78 is 0. The highest BCUT2D eigenvalue weighted by atomic mass is 16.6. The van der Waals surface area contributed by atoms with Crippen LogP contribution in [0.25, 0.3) is 11.6 Å². The summed E-state index contributed by atoms with van der Waals surface area (Å²) in [6, 6.07) is 7.19. The number of hydrogen-bond donors (Lipinski definition) is 2. The number of hydrogen-bond acceptors (Lipinski definition) is 7. The molecule has 0 aliphatic heterocycles. The lowest BCUT2D eigenvalue weighted by atomic mass is 10.1. The summed E-state index contributed by atoms with van der Waals surface area (Å²) >= 11 is 0. The van der Waals surface area contributed by atoms with E-state index in [2.05, 4.69) is 10.2 Å². The van der Waals surface area contributed by atoms with Gasteiger partial charge in [0.1, 0.15) is 11.8 Å². The normalized spacial score (nSPS) is 10.9. The number of benzene rings is 1. The van der Waals surface area contributed by atoms with Crippen molar-refractivity contribution in [3.63, 3.8) is 0 Å². The molecule has 0 atom stereocenters. The second kappa shape index (κ2) is 5.66. The highest BCUT2D eigenvalue weighted by molar-refractivity contribution is 5.88. The van der Waals surface area contributed by atoms with Gasteiger partial charge in [0.25, 0.3) is 0 Å². The molecule has 0 fully saturated rings. The van der Waals surface area contributed by atoms with E-state index < -0.39 is 22.1 Å². The number of nitriles is 1. The lowest BCUT2D eigenvalue weighted by molar-refractivity contribution is -0.386. The van der Waals surface area contributed by atoms with Gasteiger partial charge in [-0.3, -0.25) is 10.1 Å². The van der Waals surface area contributed by atoms with Crippen molar-refractivity contribution in [1.29, 1.82) is 5.26 Å². The summed E-state index contributed by atoms with van der Waals surface area (Å²) in [5, 5.41) is 46.2. The predicted molar refractivity (Wildman–Crippen MR) is 71.9 cm³/mol. The number of nitro groups is 1. The molecule has 0 bridgehead atoms. The van der Waals surface area contributed by atoms with Crippen molar-refractivity contribution >= 4 is 17.3 Å². The van der Waals surface area contributed by atoms with Crippen molar-refractivity contribution < 1.29 is 15.1 Å². The van der Waals surface area contributed by atoms with Gasteiger partial charge in [0.05, 0.1) is 10.5 Å². The highest BCUT2D eigenvalue weighted by Gasteiger charge is 2.18. The van der Waals surface area contributed by atoms with Gasteiger partial charge in [0.2, 0.25) is 5.75 Å². The zero-order valence-electron chi connectivity index (χ0n) is 10.5. The molecule has 2 rings (SSSR count). The van der Waals surface area contributed by atoms with Crippen LogP contribution >= 0.6 is 0 Å². The van der Waals surface area contributed by atoms with Gasteiger partial charge in [-0.05, 0) is 29.8 Å². The Morgan fingerprint density at radius 3 is 2.76 bits per heavy atom. The van der Waals surface area contributed by atoms with E-state index >= 15 is 0 Å². The van der Waals surface area contributed by atoms with Crippen molar-refractivity contribution in [1.82, 2.24) is 10.2 Å². The maximum atomic E-state index is 10.8. The standard InChI is InChI=1S/C13H8N4O4/c14-7-9(10-2-1-3-15-16-10)4-8-5-11(17(20)21)13(19)12(18)6-8/h1-6,18-19H/b9-4-. The summed E-state index contributed by atoms with van der Waals surface area (Å²) in [5.41, 5.74) is -0.0744. The zero-order valence-corrected chi connectivity index (χ0v) is 10.5. The first-order valence-corrected chi connectivity index (χ1v) is 5.63. The lowest BCUT2D eigenvalue weighted by Crippen LogP contribution is -1.91. The molecule has 8 heteroatoms. The molecule has 0 aliphatic rings. The van der Waals surface area contributed by atoms with Crippen LogP contribution in [-0.4, -0.2) is 25.3 Å². The molecule has 0 amide bonds. The Kier molecular flexibility index (Phi) is 3.76. The molecule has 1 heterocycles. The topological polar surface area (TPSA) is 133 Å². The van der Waals surface area contributed by atoms with Crippen molar-refractivity contribution in [3.8, 4) is 17.6 Å². The van der Waals surface area contributed by atoms with Crippen molar-refractivity contribution in [2.75, 3.05) is 0 Å². The van der Waals surface area contributed by atoms with E-state index in [4.69, 9.17) is 5.26 Å². The van der Waals surface area contributed by atoms with Crippen molar-refractivity contribution in [3.05, 3.63) is 51.8 Å². The number of aromatic hydroxyl groups is 2. The van der Waals surface area contributed by atoms with E-state index in [9.17, 15) is 20.3 Å². The number of phenols is 2. The molecule has 0 saturated heterocycles. The molecular formula is C13H8N4O4. The monoisotopic (exact) mass is 284 g/mol. The minimum atomic E-state index is -0.833. The molecule has 104 valence electrons. The molecule has 0 spiro atoms. The molecule has 21 heavy (non-hydrogen) atoms. The Bertz CT molecular complexity index is 766. The van der Waals surface area contributed by atoms with Crippen LogP contribution in [0.1, 0.15) is 11.3 Å². The second-order valence-electron chi connectivity index (χ2n) is 3.94. The number of aromatic nitrogens is 2. The van der Waals surface area contributed by atoms with E-state index in [-0.39, 0.29) is 16.8 Å². The van der Waals surface area contributed by atoms with Gasteiger partial charge in [-0.25, -0.2) is 0 Å². The van der Waals surface area contributed by atoms with Gasteiger partial charge in [-0.1, -0.05) is 0 Å². The Hall–Kier alpha value is -3.47. The average Bonchev–Trinajstić information content (AvgIpc) is 2.48. The summed E-state index contributed by atoms with van der Waals surface area (Å²) in [6.45, 7) is 0. The smallest absolute Gasteiger partial charge is 0.315 e. The van der Waals surface area contributed by atoms with E-state index in [1.807, 2.05) is 6.07 Å². The summed E-state index contributed by atoms with van der Waals surface area (Å²) in [6.07, 6.45) is 2.74. The van der Waals surface area contributed by atoms with Crippen LogP contribution in [0.3, 0.4) is 0 Å². The molecule has 2 aromatic rings. The van der Waals surface area contributed by atoms with Gasteiger partial charge in [0, 0.05) is 12.3 Å². The Morgan fingerprint density at radius 2 is 2.19 bits per heavy atom. The molecular weight excluding hydrogens is 276 g/mol. The van der Waals surface area contributed by atoms with Gasteiger partial charge in [-0.2, -0.15) is 10.4 Å². The Morgan fingerprint density at radius 1 is 1.43 bits per heavy atom. The lowest BCUT2D eigenvalue weighted by Gasteiger charge is -2.02. The fraction of sp³-hybridized carbons (Fsp3) is 0. The first kappa shape index (κ1) is 14.0.